The fraction of sp³-hybridized carbons (Fsp3) is 0.600. The maximum absolute atomic E-state index is 5.56. The van der Waals surface area contributed by atoms with Crippen molar-refractivity contribution in [3.05, 3.63) is 35.4 Å². The number of methoxy groups -OCH3 is 1. The Balaban J connectivity index is 2.53. The second kappa shape index (κ2) is 8.25. The third-order valence-corrected chi connectivity index (χ3v) is 3.19. The lowest BCUT2D eigenvalue weighted by molar-refractivity contribution is 0.156. The zero-order valence-corrected chi connectivity index (χ0v) is 11.8. The summed E-state index contributed by atoms with van der Waals surface area (Å²) in [5.41, 5.74) is 8.17. The molecule has 0 aliphatic rings. The molecule has 0 radical (unpaired) electrons. The minimum absolute atomic E-state index is 0.337. The van der Waals surface area contributed by atoms with E-state index in [2.05, 4.69) is 43.4 Å². The van der Waals surface area contributed by atoms with E-state index >= 15 is 0 Å². The Labute approximate surface area is 111 Å². The minimum Gasteiger partial charge on any atom is -0.383 e. The molecular weight excluding hydrogens is 224 g/mol. The molecule has 3 nitrogen and oxygen atoms in total. The summed E-state index contributed by atoms with van der Waals surface area (Å²) in [6.07, 6.45) is 2.09. The number of ether oxygens (including phenoxy) is 1. The molecule has 1 rings (SSSR count). The van der Waals surface area contributed by atoms with E-state index in [0.717, 1.165) is 26.0 Å². The van der Waals surface area contributed by atoms with E-state index in [1.165, 1.54) is 11.1 Å². The standard InChI is InChI=1S/C15H26N2O/c1-12-6-8-14(9-7-12)13(2)17-15(11-18-3)5-4-10-16/h6-9,13,15,17H,4-5,10-11,16H2,1-3H3. The first kappa shape index (κ1) is 15.2. The van der Waals surface area contributed by atoms with Crippen molar-refractivity contribution in [2.45, 2.75) is 38.8 Å². The quantitative estimate of drug-likeness (QED) is 0.745. The summed E-state index contributed by atoms with van der Waals surface area (Å²) < 4.78 is 5.25. The fourth-order valence-corrected chi connectivity index (χ4v) is 2.09. The molecule has 3 N–H and O–H groups in total. The highest BCUT2D eigenvalue weighted by atomic mass is 16.5. The van der Waals surface area contributed by atoms with Crippen molar-refractivity contribution in [2.75, 3.05) is 20.3 Å². The van der Waals surface area contributed by atoms with E-state index in [4.69, 9.17) is 10.5 Å². The number of hydrogen-bond acceptors (Lipinski definition) is 3. The van der Waals surface area contributed by atoms with Crippen molar-refractivity contribution < 1.29 is 4.74 Å². The number of nitrogens with one attached hydrogen (secondary N) is 1. The highest BCUT2D eigenvalue weighted by Crippen LogP contribution is 2.14. The monoisotopic (exact) mass is 250 g/mol. The number of hydrogen-bond donors (Lipinski definition) is 2. The molecule has 0 aliphatic carbocycles. The van der Waals surface area contributed by atoms with Gasteiger partial charge in [0.05, 0.1) is 6.61 Å². The van der Waals surface area contributed by atoms with Gasteiger partial charge in [0.1, 0.15) is 0 Å². The van der Waals surface area contributed by atoms with Crippen LogP contribution in [0, 0.1) is 6.92 Å². The van der Waals surface area contributed by atoms with Crippen molar-refractivity contribution in [3.8, 4) is 0 Å². The van der Waals surface area contributed by atoms with Crippen LogP contribution in [0.4, 0.5) is 0 Å². The lowest BCUT2D eigenvalue weighted by atomic mass is 10.0. The number of benzene rings is 1. The van der Waals surface area contributed by atoms with Gasteiger partial charge in [-0.25, -0.2) is 0 Å². The normalized spacial score (nSPS) is 14.4. The molecule has 0 spiro atoms. The Kier molecular flexibility index (Phi) is 6.94. The van der Waals surface area contributed by atoms with Gasteiger partial charge in [-0.3, -0.25) is 0 Å². The van der Waals surface area contributed by atoms with Gasteiger partial charge in [-0.2, -0.15) is 0 Å². The van der Waals surface area contributed by atoms with Crippen LogP contribution in [0.1, 0.15) is 36.9 Å². The molecule has 1 aromatic carbocycles. The largest absolute Gasteiger partial charge is 0.383 e. The van der Waals surface area contributed by atoms with Crippen LogP contribution < -0.4 is 11.1 Å². The summed E-state index contributed by atoms with van der Waals surface area (Å²) in [7, 11) is 1.74. The molecule has 0 heterocycles. The van der Waals surface area contributed by atoms with Gasteiger partial charge < -0.3 is 15.8 Å². The molecular formula is C15H26N2O. The molecule has 18 heavy (non-hydrogen) atoms. The minimum atomic E-state index is 0.337. The second-order valence-electron chi connectivity index (χ2n) is 4.88. The first-order valence-electron chi connectivity index (χ1n) is 6.69. The van der Waals surface area contributed by atoms with E-state index in [1.807, 2.05) is 0 Å². The summed E-state index contributed by atoms with van der Waals surface area (Å²) in [4.78, 5) is 0. The van der Waals surface area contributed by atoms with Gasteiger partial charge >= 0.3 is 0 Å². The van der Waals surface area contributed by atoms with Crippen LogP contribution in [0.15, 0.2) is 24.3 Å². The van der Waals surface area contributed by atoms with Gasteiger partial charge in [-0.05, 0) is 38.8 Å². The van der Waals surface area contributed by atoms with Crippen molar-refractivity contribution >= 4 is 0 Å². The molecule has 102 valence electrons. The van der Waals surface area contributed by atoms with Gasteiger partial charge in [-0.1, -0.05) is 29.8 Å². The van der Waals surface area contributed by atoms with Crippen molar-refractivity contribution in [1.29, 1.82) is 0 Å². The third-order valence-electron chi connectivity index (χ3n) is 3.19. The van der Waals surface area contributed by atoms with Gasteiger partial charge in [0.2, 0.25) is 0 Å². The molecule has 1 aromatic rings. The van der Waals surface area contributed by atoms with Gasteiger partial charge in [-0.15, -0.1) is 0 Å². The molecule has 0 saturated carbocycles. The summed E-state index contributed by atoms with van der Waals surface area (Å²) in [5.74, 6) is 0. The summed E-state index contributed by atoms with van der Waals surface area (Å²) in [6, 6.07) is 9.37. The van der Waals surface area contributed by atoms with Gasteiger partial charge in [0.15, 0.2) is 0 Å². The van der Waals surface area contributed by atoms with Crippen molar-refractivity contribution in [1.82, 2.24) is 5.32 Å². The lowest BCUT2D eigenvalue weighted by Gasteiger charge is -2.23. The van der Waals surface area contributed by atoms with Crippen LogP contribution in [0.2, 0.25) is 0 Å². The summed E-state index contributed by atoms with van der Waals surface area (Å²) >= 11 is 0. The van der Waals surface area contributed by atoms with Crippen LogP contribution in [-0.4, -0.2) is 26.3 Å². The molecule has 0 fully saturated rings. The fourth-order valence-electron chi connectivity index (χ4n) is 2.09. The molecule has 0 aliphatic heterocycles. The van der Waals surface area contributed by atoms with Crippen molar-refractivity contribution in [3.63, 3.8) is 0 Å². The molecule has 2 atom stereocenters. The highest BCUT2D eigenvalue weighted by molar-refractivity contribution is 5.23. The van der Waals surface area contributed by atoms with E-state index in [1.54, 1.807) is 7.11 Å². The maximum Gasteiger partial charge on any atom is 0.0616 e. The zero-order chi connectivity index (χ0) is 13.4. The van der Waals surface area contributed by atoms with E-state index in [-0.39, 0.29) is 0 Å². The number of rotatable bonds is 8. The van der Waals surface area contributed by atoms with E-state index in [0.29, 0.717) is 12.1 Å². The SMILES string of the molecule is COCC(CCCN)NC(C)c1ccc(C)cc1. The molecule has 2 unspecified atom stereocenters. The third kappa shape index (κ3) is 5.17. The molecule has 0 bridgehead atoms. The number of nitrogens with two attached hydrogens (primary N) is 1. The summed E-state index contributed by atoms with van der Waals surface area (Å²) in [6.45, 7) is 5.77. The smallest absolute Gasteiger partial charge is 0.0616 e. The average Bonchev–Trinajstić information content (AvgIpc) is 2.37. The first-order valence-corrected chi connectivity index (χ1v) is 6.69. The average molecular weight is 250 g/mol. The Morgan fingerprint density at radius 3 is 2.50 bits per heavy atom. The first-order chi connectivity index (χ1) is 8.67. The molecule has 0 saturated heterocycles. The van der Waals surface area contributed by atoms with Crippen molar-refractivity contribution in [2.24, 2.45) is 5.73 Å². The van der Waals surface area contributed by atoms with E-state index in [9.17, 15) is 0 Å². The molecule has 0 aromatic heterocycles. The molecule has 3 heteroatoms. The van der Waals surface area contributed by atoms with Crippen LogP contribution in [0.25, 0.3) is 0 Å². The predicted molar refractivity (Wildman–Crippen MR) is 76.7 cm³/mol. The zero-order valence-electron chi connectivity index (χ0n) is 11.8. The predicted octanol–water partition coefficient (Wildman–Crippen LogP) is 2.40. The van der Waals surface area contributed by atoms with Gasteiger partial charge in [0.25, 0.3) is 0 Å². The Bertz CT molecular complexity index is 324. The van der Waals surface area contributed by atoms with Crippen LogP contribution in [0.5, 0.6) is 0 Å². The maximum atomic E-state index is 5.56. The Morgan fingerprint density at radius 1 is 1.28 bits per heavy atom. The van der Waals surface area contributed by atoms with Crippen LogP contribution in [-0.2, 0) is 4.74 Å². The Morgan fingerprint density at radius 2 is 1.94 bits per heavy atom. The van der Waals surface area contributed by atoms with Gasteiger partial charge in [0, 0.05) is 19.2 Å². The number of aryl methyl sites for hydroxylation is 1. The topological polar surface area (TPSA) is 47.3 Å². The van der Waals surface area contributed by atoms with Crippen LogP contribution in [0.3, 0.4) is 0 Å². The second-order valence-corrected chi connectivity index (χ2v) is 4.88. The molecule has 0 amide bonds. The summed E-state index contributed by atoms with van der Waals surface area (Å²) in [5, 5.41) is 3.61. The van der Waals surface area contributed by atoms with Crippen LogP contribution >= 0.6 is 0 Å². The lowest BCUT2D eigenvalue weighted by Crippen LogP contribution is -2.35. The Hall–Kier alpha value is -0.900. The highest BCUT2D eigenvalue weighted by Gasteiger charge is 2.12. The van der Waals surface area contributed by atoms with E-state index < -0.39 is 0 Å².